The Labute approximate surface area is 122 Å². The smallest absolute Gasteiger partial charge is 0.286 e. The second-order valence-corrected chi connectivity index (χ2v) is 6.92. The van der Waals surface area contributed by atoms with Crippen LogP contribution < -0.4 is 5.32 Å². The van der Waals surface area contributed by atoms with Gasteiger partial charge in [-0.1, -0.05) is 19.3 Å². The molecule has 0 radical (unpaired) electrons. The number of rotatable bonds is 2. The summed E-state index contributed by atoms with van der Waals surface area (Å²) in [5.74, 6) is 0.591. The molecule has 0 amide bonds. The zero-order chi connectivity index (χ0) is 15.0. The molecule has 0 saturated heterocycles. The van der Waals surface area contributed by atoms with Crippen molar-refractivity contribution < 1.29 is 13.3 Å². The third kappa shape index (κ3) is 2.63. The predicted molar refractivity (Wildman–Crippen MR) is 77.9 cm³/mol. The van der Waals surface area contributed by atoms with Gasteiger partial charge in [0.1, 0.15) is 10.7 Å². The first-order valence-electron chi connectivity index (χ1n) is 6.88. The molecule has 0 atom stereocenters. The molecular formula is C13H15N3O4S. The van der Waals surface area contributed by atoms with E-state index < -0.39 is 14.9 Å². The van der Waals surface area contributed by atoms with Crippen molar-refractivity contribution >= 4 is 27.2 Å². The first-order valence-corrected chi connectivity index (χ1v) is 8.32. The number of anilines is 1. The van der Waals surface area contributed by atoms with Gasteiger partial charge < -0.3 is 5.32 Å². The quantitative estimate of drug-likeness (QED) is 0.668. The first kappa shape index (κ1) is 14.0. The van der Waals surface area contributed by atoms with Crippen LogP contribution in [0.2, 0.25) is 0 Å². The van der Waals surface area contributed by atoms with E-state index in [9.17, 15) is 18.5 Å². The molecule has 8 heteroatoms. The molecule has 1 aliphatic carbocycles. The van der Waals surface area contributed by atoms with Gasteiger partial charge in [0.25, 0.3) is 15.7 Å². The Hall–Kier alpha value is -1.96. The van der Waals surface area contributed by atoms with Gasteiger partial charge >= 0.3 is 0 Å². The average molecular weight is 309 g/mol. The SMILES string of the molecule is O=[N+]([O-])c1ccc2c(c1)S(=O)(=O)N=C(C1CCCCC1)N2. The zero-order valence-corrected chi connectivity index (χ0v) is 12.1. The number of fused-ring (bicyclic) bond motifs is 1. The van der Waals surface area contributed by atoms with E-state index in [4.69, 9.17) is 0 Å². The van der Waals surface area contributed by atoms with E-state index in [2.05, 4.69) is 9.71 Å². The lowest BCUT2D eigenvalue weighted by Crippen LogP contribution is -2.30. The van der Waals surface area contributed by atoms with Crippen molar-refractivity contribution in [3.63, 3.8) is 0 Å². The second kappa shape index (κ2) is 5.10. The monoisotopic (exact) mass is 309 g/mol. The summed E-state index contributed by atoms with van der Waals surface area (Å²) in [6.07, 6.45) is 5.14. The average Bonchev–Trinajstić information content (AvgIpc) is 2.47. The minimum atomic E-state index is -3.88. The Balaban J connectivity index is 2.00. The van der Waals surface area contributed by atoms with Crippen LogP contribution in [0.15, 0.2) is 27.5 Å². The van der Waals surface area contributed by atoms with Crippen LogP contribution in [0.4, 0.5) is 11.4 Å². The molecule has 1 aromatic rings. The van der Waals surface area contributed by atoms with E-state index in [0.29, 0.717) is 11.5 Å². The van der Waals surface area contributed by atoms with Crippen molar-refractivity contribution in [1.82, 2.24) is 0 Å². The third-order valence-corrected chi connectivity index (χ3v) is 5.26. The molecule has 1 aliphatic heterocycles. The molecule has 21 heavy (non-hydrogen) atoms. The summed E-state index contributed by atoms with van der Waals surface area (Å²) < 4.78 is 28.3. The number of nitro benzene ring substituents is 1. The van der Waals surface area contributed by atoms with Gasteiger partial charge in [-0.25, -0.2) is 0 Å². The number of hydrogen-bond donors (Lipinski definition) is 1. The molecule has 1 N–H and O–H groups in total. The summed E-state index contributed by atoms with van der Waals surface area (Å²) in [6, 6.07) is 3.78. The lowest BCUT2D eigenvalue weighted by atomic mass is 9.88. The molecule has 7 nitrogen and oxygen atoms in total. The Morgan fingerprint density at radius 3 is 2.62 bits per heavy atom. The fraction of sp³-hybridized carbons (Fsp3) is 0.462. The molecule has 0 spiro atoms. The van der Waals surface area contributed by atoms with Crippen LogP contribution in [0.25, 0.3) is 0 Å². The van der Waals surface area contributed by atoms with Gasteiger partial charge in [-0.15, -0.1) is 4.40 Å². The fourth-order valence-corrected chi connectivity index (χ4v) is 4.05. The molecule has 1 aromatic carbocycles. The maximum absolute atomic E-state index is 12.3. The Bertz CT molecular complexity index is 721. The Kier molecular flexibility index (Phi) is 3.40. The largest absolute Gasteiger partial charge is 0.342 e. The highest BCUT2D eigenvalue weighted by molar-refractivity contribution is 7.90. The van der Waals surface area contributed by atoms with Gasteiger partial charge in [-0.05, 0) is 18.9 Å². The van der Waals surface area contributed by atoms with E-state index in [-0.39, 0.29) is 16.5 Å². The van der Waals surface area contributed by atoms with Crippen LogP contribution in [-0.4, -0.2) is 19.2 Å². The summed E-state index contributed by atoms with van der Waals surface area (Å²) >= 11 is 0. The maximum atomic E-state index is 12.3. The van der Waals surface area contributed by atoms with Crippen LogP contribution in [0.1, 0.15) is 32.1 Å². The van der Waals surface area contributed by atoms with Crippen molar-refractivity contribution in [2.75, 3.05) is 5.32 Å². The van der Waals surface area contributed by atoms with Crippen LogP contribution in [0.3, 0.4) is 0 Å². The number of sulfonamides is 1. The maximum Gasteiger partial charge on any atom is 0.286 e. The van der Waals surface area contributed by atoms with Crippen LogP contribution in [0.5, 0.6) is 0 Å². The molecule has 0 bridgehead atoms. The lowest BCUT2D eigenvalue weighted by molar-refractivity contribution is -0.385. The lowest BCUT2D eigenvalue weighted by Gasteiger charge is -2.27. The van der Waals surface area contributed by atoms with Gasteiger partial charge in [0.15, 0.2) is 0 Å². The van der Waals surface area contributed by atoms with Crippen LogP contribution in [0, 0.1) is 16.0 Å². The van der Waals surface area contributed by atoms with Gasteiger partial charge in [-0.3, -0.25) is 10.1 Å². The summed E-state index contributed by atoms with van der Waals surface area (Å²) in [7, 11) is -3.88. The van der Waals surface area contributed by atoms with Gasteiger partial charge in [-0.2, -0.15) is 8.42 Å². The number of non-ortho nitro benzene ring substituents is 1. The summed E-state index contributed by atoms with van der Waals surface area (Å²) in [6.45, 7) is 0. The molecule has 0 aromatic heterocycles. The van der Waals surface area contributed by atoms with E-state index in [1.165, 1.54) is 18.6 Å². The van der Waals surface area contributed by atoms with Crippen LogP contribution in [-0.2, 0) is 10.0 Å². The van der Waals surface area contributed by atoms with E-state index in [0.717, 1.165) is 31.7 Å². The van der Waals surface area contributed by atoms with Crippen molar-refractivity contribution in [2.45, 2.75) is 37.0 Å². The summed E-state index contributed by atoms with van der Waals surface area (Å²) in [4.78, 5) is 10.0. The molecular weight excluding hydrogens is 294 g/mol. The number of amidine groups is 1. The molecule has 112 valence electrons. The molecule has 1 fully saturated rings. The van der Waals surface area contributed by atoms with E-state index in [1.54, 1.807) is 0 Å². The second-order valence-electron chi connectivity index (χ2n) is 5.35. The molecule has 2 aliphatic rings. The highest BCUT2D eigenvalue weighted by Gasteiger charge is 2.31. The number of nitrogens with zero attached hydrogens (tertiary/aromatic N) is 2. The predicted octanol–water partition coefficient (Wildman–Crippen LogP) is 2.69. The first-order chi connectivity index (χ1) is 9.97. The standard InChI is InChI=1S/C13H15N3O4S/c17-16(18)10-6-7-11-12(8-10)21(19,20)15-13(14-11)9-4-2-1-3-5-9/h6-9H,1-5H2,(H,14,15). The summed E-state index contributed by atoms with van der Waals surface area (Å²) in [5.41, 5.74) is 0.117. The fourth-order valence-electron chi connectivity index (χ4n) is 2.83. The highest BCUT2D eigenvalue weighted by Crippen LogP contribution is 2.34. The minimum Gasteiger partial charge on any atom is -0.342 e. The molecule has 1 saturated carbocycles. The van der Waals surface area contributed by atoms with E-state index in [1.807, 2.05) is 0 Å². The van der Waals surface area contributed by atoms with Crippen molar-refractivity contribution in [1.29, 1.82) is 0 Å². The normalized spacial score (nSPS) is 21.0. The molecule has 1 heterocycles. The van der Waals surface area contributed by atoms with Crippen molar-refractivity contribution in [3.8, 4) is 0 Å². The molecule has 3 rings (SSSR count). The Morgan fingerprint density at radius 2 is 1.95 bits per heavy atom. The zero-order valence-electron chi connectivity index (χ0n) is 11.3. The van der Waals surface area contributed by atoms with Gasteiger partial charge in [0.2, 0.25) is 0 Å². The number of benzene rings is 1. The minimum absolute atomic E-state index is 0.122. The van der Waals surface area contributed by atoms with Crippen molar-refractivity contribution in [3.05, 3.63) is 28.3 Å². The molecule has 0 unspecified atom stereocenters. The number of nitro groups is 1. The number of nitrogens with one attached hydrogen (secondary N) is 1. The van der Waals surface area contributed by atoms with Gasteiger partial charge in [0.05, 0.1) is 10.6 Å². The van der Waals surface area contributed by atoms with Gasteiger partial charge in [0, 0.05) is 18.1 Å². The topological polar surface area (TPSA) is 102 Å². The third-order valence-electron chi connectivity index (χ3n) is 3.93. The number of hydrogen-bond acceptors (Lipinski definition) is 5. The highest BCUT2D eigenvalue weighted by atomic mass is 32.2. The van der Waals surface area contributed by atoms with Crippen LogP contribution >= 0.6 is 0 Å². The summed E-state index contributed by atoms with van der Waals surface area (Å²) in [5, 5.41) is 13.8. The van der Waals surface area contributed by atoms with E-state index >= 15 is 0 Å². The van der Waals surface area contributed by atoms with Crippen molar-refractivity contribution in [2.24, 2.45) is 10.3 Å². The Morgan fingerprint density at radius 1 is 1.24 bits per heavy atom.